The van der Waals surface area contributed by atoms with Crippen molar-refractivity contribution in [2.45, 2.75) is 0 Å². The van der Waals surface area contributed by atoms with Gasteiger partial charge >= 0.3 is 0 Å². The van der Waals surface area contributed by atoms with Crippen molar-refractivity contribution in [1.82, 2.24) is 15.0 Å². The molecule has 1 heterocycles. The van der Waals surface area contributed by atoms with Gasteiger partial charge in [-0.05, 0) is 42.5 Å². The van der Waals surface area contributed by atoms with Crippen molar-refractivity contribution in [3.8, 4) is 17.2 Å². The molecule has 0 atom stereocenters. The summed E-state index contributed by atoms with van der Waals surface area (Å²) in [6.45, 7) is 0. The largest absolute Gasteiger partial charge is 0.495 e. The van der Waals surface area contributed by atoms with Crippen LogP contribution in [0.5, 0.6) is 11.5 Å². The van der Waals surface area contributed by atoms with E-state index in [0.717, 1.165) is 5.69 Å². The van der Waals surface area contributed by atoms with Crippen LogP contribution in [0.3, 0.4) is 0 Å². The summed E-state index contributed by atoms with van der Waals surface area (Å²) >= 11 is 11.5. The fourth-order valence-electron chi connectivity index (χ4n) is 2.44. The number of hydrogen-bond donors (Lipinski definition) is 3. The van der Waals surface area contributed by atoms with Crippen molar-refractivity contribution >= 4 is 46.2 Å². The lowest BCUT2D eigenvalue weighted by atomic mass is 10.2. The fraction of sp³-hybridized carbons (Fsp3) is 0.111. The molecule has 0 aliphatic rings. The minimum absolute atomic E-state index is 0.0877. The second kappa shape index (κ2) is 8.76. The zero-order chi connectivity index (χ0) is 21.0. The minimum Gasteiger partial charge on any atom is -0.495 e. The predicted octanol–water partition coefficient (Wildman–Crippen LogP) is 2.85. The van der Waals surface area contributed by atoms with Crippen LogP contribution in [0.15, 0.2) is 42.6 Å². The number of ether oxygens (including phenoxy) is 2. The smallest absolute Gasteiger partial charge is 0.270 e. The van der Waals surface area contributed by atoms with Crippen LogP contribution in [0, 0.1) is 0 Å². The Morgan fingerprint density at radius 3 is 2.41 bits per heavy atom. The van der Waals surface area contributed by atoms with Gasteiger partial charge in [-0.25, -0.2) is 4.68 Å². The van der Waals surface area contributed by atoms with E-state index >= 15 is 0 Å². The molecule has 0 radical (unpaired) electrons. The molecule has 0 saturated carbocycles. The predicted molar refractivity (Wildman–Crippen MR) is 114 cm³/mol. The van der Waals surface area contributed by atoms with Gasteiger partial charge in [0.15, 0.2) is 10.8 Å². The Kier molecular flexibility index (Phi) is 6.15. The second-order valence-electron chi connectivity index (χ2n) is 5.73. The van der Waals surface area contributed by atoms with Crippen LogP contribution in [-0.4, -0.2) is 40.2 Å². The highest BCUT2D eigenvalue weighted by molar-refractivity contribution is 7.80. The van der Waals surface area contributed by atoms with Gasteiger partial charge in [-0.15, -0.1) is 5.10 Å². The summed E-state index contributed by atoms with van der Waals surface area (Å²) in [5, 5.41) is 14.4. The zero-order valence-electron chi connectivity index (χ0n) is 15.5. The third-order valence-corrected chi connectivity index (χ3v) is 4.36. The van der Waals surface area contributed by atoms with Crippen LogP contribution in [0.1, 0.15) is 10.5 Å². The molecule has 0 saturated heterocycles. The number of aromatic nitrogens is 3. The highest BCUT2D eigenvalue weighted by Crippen LogP contribution is 2.35. The molecule has 29 heavy (non-hydrogen) atoms. The van der Waals surface area contributed by atoms with Crippen LogP contribution in [0.4, 0.5) is 11.4 Å². The lowest BCUT2D eigenvalue weighted by Gasteiger charge is -2.15. The number of rotatable bonds is 6. The lowest BCUT2D eigenvalue weighted by Crippen LogP contribution is -2.19. The number of primary amides is 1. The molecule has 0 bridgehead atoms. The number of carbonyl (C=O) groups is 1. The third kappa shape index (κ3) is 4.73. The van der Waals surface area contributed by atoms with Crippen molar-refractivity contribution in [3.63, 3.8) is 0 Å². The van der Waals surface area contributed by atoms with Gasteiger partial charge in [0.05, 0.1) is 36.8 Å². The van der Waals surface area contributed by atoms with Gasteiger partial charge in [-0.1, -0.05) is 16.8 Å². The molecular formula is C18H17ClN6O3S. The number of halogens is 1. The average Bonchev–Trinajstić information content (AvgIpc) is 3.19. The van der Waals surface area contributed by atoms with E-state index in [0.29, 0.717) is 33.0 Å². The van der Waals surface area contributed by atoms with E-state index in [1.54, 1.807) is 36.4 Å². The highest BCUT2D eigenvalue weighted by Gasteiger charge is 2.12. The van der Waals surface area contributed by atoms with E-state index in [9.17, 15) is 4.79 Å². The van der Waals surface area contributed by atoms with Gasteiger partial charge in [0, 0.05) is 11.8 Å². The lowest BCUT2D eigenvalue weighted by molar-refractivity contribution is 0.0995. The Hall–Kier alpha value is -3.37. The average molecular weight is 433 g/mol. The van der Waals surface area contributed by atoms with E-state index in [1.165, 1.54) is 25.1 Å². The quantitative estimate of drug-likeness (QED) is 0.509. The zero-order valence-corrected chi connectivity index (χ0v) is 17.0. The molecule has 0 aliphatic heterocycles. The molecule has 3 aromatic rings. The maximum absolute atomic E-state index is 11.1. The Morgan fingerprint density at radius 2 is 1.83 bits per heavy atom. The number of methoxy groups -OCH3 is 2. The molecule has 0 fully saturated rings. The van der Waals surface area contributed by atoms with Crippen LogP contribution in [-0.2, 0) is 0 Å². The van der Waals surface area contributed by atoms with Gasteiger partial charge in [0.1, 0.15) is 11.5 Å². The summed E-state index contributed by atoms with van der Waals surface area (Å²) in [7, 11) is 3.06. The number of amides is 1. The number of nitrogens with two attached hydrogens (primary N) is 1. The molecular weight excluding hydrogens is 416 g/mol. The Balaban J connectivity index is 1.69. The van der Waals surface area contributed by atoms with Crippen LogP contribution >= 0.6 is 23.8 Å². The summed E-state index contributed by atoms with van der Waals surface area (Å²) in [5.41, 5.74) is 7.31. The van der Waals surface area contributed by atoms with Gasteiger partial charge in [0.2, 0.25) is 0 Å². The van der Waals surface area contributed by atoms with Crippen molar-refractivity contribution < 1.29 is 14.3 Å². The van der Waals surface area contributed by atoms with Gasteiger partial charge in [-0.3, -0.25) is 4.79 Å². The number of nitrogens with one attached hydrogen (secondary N) is 2. The maximum atomic E-state index is 11.1. The normalized spacial score (nSPS) is 10.3. The summed E-state index contributed by atoms with van der Waals surface area (Å²) < 4.78 is 12.0. The molecule has 0 aliphatic carbocycles. The standard InChI is InChI=1S/C18H17ClN6O3S/c1-27-15-8-16(28-2)13(7-12(15)19)22-18(29)21-10-3-5-11(6-4-10)25-9-14(17(20)26)23-24-25/h3-9H,1-2H3,(H2,20,26)(H2,21,22,29). The number of benzene rings is 2. The van der Waals surface area contributed by atoms with Crippen LogP contribution < -0.4 is 25.8 Å². The third-order valence-electron chi connectivity index (χ3n) is 3.86. The number of nitrogens with zero attached hydrogens (tertiary/aromatic N) is 3. The summed E-state index contributed by atoms with van der Waals surface area (Å²) in [6, 6.07) is 10.5. The Morgan fingerprint density at radius 1 is 1.14 bits per heavy atom. The molecule has 2 aromatic carbocycles. The Labute approximate surface area is 176 Å². The Bertz CT molecular complexity index is 1050. The summed E-state index contributed by atoms with van der Waals surface area (Å²) in [6.07, 6.45) is 1.46. The molecule has 3 rings (SSSR count). The molecule has 1 amide bonds. The molecule has 11 heteroatoms. The first-order chi connectivity index (χ1) is 13.9. The molecule has 9 nitrogen and oxygen atoms in total. The topological polar surface area (TPSA) is 116 Å². The first kappa shape index (κ1) is 20.4. The molecule has 1 aromatic heterocycles. The van der Waals surface area contributed by atoms with Crippen LogP contribution in [0.2, 0.25) is 5.02 Å². The van der Waals surface area contributed by atoms with Gasteiger partial charge in [0.25, 0.3) is 5.91 Å². The van der Waals surface area contributed by atoms with Crippen LogP contribution in [0.25, 0.3) is 5.69 Å². The van der Waals surface area contributed by atoms with Crippen molar-refractivity contribution in [1.29, 1.82) is 0 Å². The fourth-order valence-corrected chi connectivity index (χ4v) is 2.91. The molecule has 4 N–H and O–H groups in total. The molecule has 0 unspecified atom stereocenters. The van der Waals surface area contributed by atoms with Gasteiger partial charge < -0.3 is 25.8 Å². The second-order valence-corrected chi connectivity index (χ2v) is 6.54. The van der Waals surface area contributed by atoms with Crippen molar-refractivity contribution in [3.05, 3.63) is 53.3 Å². The first-order valence-corrected chi connectivity index (χ1v) is 9.02. The van der Waals surface area contributed by atoms with E-state index in [4.69, 9.17) is 39.0 Å². The molecule has 150 valence electrons. The van der Waals surface area contributed by atoms with E-state index in [-0.39, 0.29) is 5.69 Å². The van der Waals surface area contributed by atoms with Crippen molar-refractivity contribution in [2.24, 2.45) is 5.73 Å². The van der Waals surface area contributed by atoms with E-state index < -0.39 is 5.91 Å². The monoisotopic (exact) mass is 432 g/mol. The first-order valence-electron chi connectivity index (χ1n) is 8.23. The number of anilines is 2. The summed E-state index contributed by atoms with van der Waals surface area (Å²) in [5.74, 6) is 0.387. The van der Waals surface area contributed by atoms with E-state index in [2.05, 4.69) is 20.9 Å². The number of carbonyl (C=O) groups excluding carboxylic acids is 1. The number of thiocarbonyl (C=S) groups is 1. The maximum Gasteiger partial charge on any atom is 0.270 e. The summed E-state index contributed by atoms with van der Waals surface area (Å²) in [4.78, 5) is 11.1. The molecule has 0 spiro atoms. The van der Waals surface area contributed by atoms with E-state index in [1.807, 2.05) is 0 Å². The SMILES string of the molecule is COc1cc(OC)c(NC(=S)Nc2ccc(-n3cc(C(N)=O)nn3)cc2)cc1Cl. The highest BCUT2D eigenvalue weighted by atomic mass is 35.5. The van der Waals surface area contributed by atoms with Crippen molar-refractivity contribution in [2.75, 3.05) is 24.9 Å². The minimum atomic E-state index is -0.639. The van der Waals surface area contributed by atoms with Gasteiger partial charge in [-0.2, -0.15) is 0 Å². The number of hydrogen-bond acceptors (Lipinski definition) is 6.